The quantitative estimate of drug-likeness (QED) is 0.683. The Kier molecular flexibility index (Phi) is 4.90. The van der Waals surface area contributed by atoms with E-state index in [4.69, 9.17) is 10.5 Å². The number of carbonyl (C=O) groups is 1. The van der Waals surface area contributed by atoms with E-state index in [0.717, 1.165) is 10.9 Å². The molecule has 3 aromatic rings. The molecule has 152 valence electrons. The monoisotopic (exact) mass is 393 g/mol. The molecule has 29 heavy (non-hydrogen) atoms. The first-order valence-corrected chi connectivity index (χ1v) is 9.94. The molecule has 0 saturated heterocycles. The number of ether oxygens (including phenoxy) is 1. The summed E-state index contributed by atoms with van der Waals surface area (Å²) in [5.41, 5.74) is 8.34. The Morgan fingerprint density at radius 2 is 2.21 bits per heavy atom. The molecule has 0 radical (unpaired) electrons. The van der Waals surface area contributed by atoms with Gasteiger partial charge in [0.05, 0.1) is 23.2 Å². The van der Waals surface area contributed by atoms with Crippen LogP contribution in [0.3, 0.4) is 0 Å². The van der Waals surface area contributed by atoms with Crippen molar-refractivity contribution in [3.63, 3.8) is 0 Å². The minimum atomic E-state index is -0.343. The molecule has 0 aliphatic heterocycles. The van der Waals surface area contributed by atoms with Gasteiger partial charge in [-0.1, -0.05) is 13.8 Å². The van der Waals surface area contributed by atoms with Crippen LogP contribution in [0.5, 0.6) is 5.88 Å². The average Bonchev–Trinajstić information content (AvgIpc) is 3.19. The molecule has 1 aliphatic rings. The highest BCUT2D eigenvalue weighted by Crippen LogP contribution is 2.41. The summed E-state index contributed by atoms with van der Waals surface area (Å²) in [5.74, 6) is 0.869. The van der Waals surface area contributed by atoms with Crippen LogP contribution in [0.1, 0.15) is 43.6 Å². The second-order valence-corrected chi connectivity index (χ2v) is 8.64. The number of aromatic nitrogens is 3. The second-order valence-electron chi connectivity index (χ2n) is 8.64. The number of nitrogens with zero attached hydrogens (tertiary/aromatic N) is 3. The third-order valence-electron chi connectivity index (χ3n) is 5.66. The van der Waals surface area contributed by atoms with Crippen molar-refractivity contribution >= 4 is 28.2 Å². The lowest BCUT2D eigenvalue weighted by molar-refractivity contribution is 0.102. The summed E-state index contributed by atoms with van der Waals surface area (Å²) in [4.78, 5) is 16.5. The molecule has 4 rings (SSSR count). The lowest BCUT2D eigenvalue weighted by Crippen LogP contribution is -2.15. The van der Waals surface area contributed by atoms with Crippen LogP contribution < -0.4 is 15.8 Å². The topological polar surface area (TPSA) is 95.1 Å². The Bertz CT molecular complexity index is 1060. The SMILES string of the molecule is Cn1nc(OCC2CCC(C)(C)C2)c2ccc(NC(=O)c3ncccc3N)cc21. The summed E-state index contributed by atoms with van der Waals surface area (Å²) < 4.78 is 7.85. The van der Waals surface area contributed by atoms with Crippen molar-refractivity contribution in [2.45, 2.75) is 33.1 Å². The lowest BCUT2D eigenvalue weighted by Gasteiger charge is -2.17. The van der Waals surface area contributed by atoms with Crippen LogP contribution in [0.2, 0.25) is 0 Å². The van der Waals surface area contributed by atoms with Crippen molar-refractivity contribution in [2.75, 3.05) is 17.7 Å². The van der Waals surface area contributed by atoms with Gasteiger partial charge in [0.15, 0.2) is 5.69 Å². The number of fused-ring (bicyclic) bond motifs is 1. The van der Waals surface area contributed by atoms with Gasteiger partial charge in [-0.2, -0.15) is 0 Å². The number of amides is 1. The van der Waals surface area contributed by atoms with Gasteiger partial charge < -0.3 is 15.8 Å². The zero-order valence-electron chi connectivity index (χ0n) is 17.1. The Hall–Kier alpha value is -3.09. The van der Waals surface area contributed by atoms with E-state index in [9.17, 15) is 4.79 Å². The lowest BCUT2D eigenvalue weighted by atomic mass is 9.91. The maximum absolute atomic E-state index is 12.5. The molecule has 3 N–H and O–H groups in total. The molecule has 1 aliphatic carbocycles. The Morgan fingerprint density at radius 3 is 2.93 bits per heavy atom. The average molecular weight is 393 g/mol. The van der Waals surface area contributed by atoms with Gasteiger partial charge in [0, 0.05) is 18.9 Å². The summed E-state index contributed by atoms with van der Waals surface area (Å²) in [6.07, 6.45) is 5.17. The minimum Gasteiger partial charge on any atom is -0.476 e. The van der Waals surface area contributed by atoms with Gasteiger partial charge in [-0.05, 0) is 60.9 Å². The molecule has 1 atom stereocenters. The zero-order chi connectivity index (χ0) is 20.6. The molecular weight excluding hydrogens is 366 g/mol. The highest BCUT2D eigenvalue weighted by Gasteiger charge is 2.31. The Morgan fingerprint density at radius 1 is 1.38 bits per heavy atom. The third-order valence-corrected chi connectivity index (χ3v) is 5.66. The van der Waals surface area contributed by atoms with Gasteiger partial charge >= 0.3 is 0 Å². The van der Waals surface area contributed by atoms with E-state index in [0.29, 0.717) is 35.2 Å². The van der Waals surface area contributed by atoms with Crippen molar-refractivity contribution in [3.05, 3.63) is 42.2 Å². The fourth-order valence-corrected chi connectivity index (χ4v) is 4.13. The third kappa shape index (κ3) is 4.04. The largest absolute Gasteiger partial charge is 0.476 e. The first-order valence-electron chi connectivity index (χ1n) is 9.94. The highest BCUT2D eigenvalue weighted by molar-refractivity contribution is 6.06. The smallest absolute Gasteiger partial charge is 0.276 e. The van der Waals surface area contributed by atoms with Gasteiger partial charge in [-0.25, -0.2) is 4.98 Å². The summed E-state index contributed by atoms with van der Waals surface area (Å²) in [6.45, 7) is 5.32. The number of benzene rings is 1. The molecule has 1 fully saturated rings. The van der Waals surface area contributed by atoms with Gasteiger partial charge in [-0.3, -0.25) is 9.48 Å². The summed E-state index contributed by atoms with van der Waals surface area (Å²) in [5, 5.41) is 8.31. The summed E-state index contributed by atoms with van der Waals surface area (Å²) in [7, 11) is 1.87. The summed E-state index contributed by atoms with van der Waals surface area (Å²) >= 11 is 0. The molecule has 7 nitrogen and oxygen atoms in total. The van der Waals surface area contributed by atoms with Crippen LogP contribution in [0.4, 0.5) is 11.4 Å². The van der Waals surface area contributed by atoms with Crippen molar-refractivity contribution in [1.29, 1.82) is 0 Å². The fraction of sp³-hybridized carbons (Fsp3) is 0.409. The Labute approximate surface area is 170 Å². The van der Waals surface area contributed by atoms with Crippen LogP contribution >= 0.6 is 0 Å². The number of anilines is 2. The van der Waals surface area contributed by atoms with Gasteiger partial charge in [0.25, 0.3) is 5.91 Å². The number of nitrogens with one attached hydrogen (secondary N) is 1. The van der Waals surface area contributed by atoms with Gasteiger partial charge in [0.1, 0.15) is 0 Å². The van der Waals surface area contributed by atoms with E-state index in [1.165, 1.54) is 19.3 Å². The highest BCUT2D eigenvalue weighted by atomic mass is 16.5. The number of hydrogen-bond donors (Lipinski definition) is 2. The predicted octanol–water partition coefficient (Wildman–Crippen LogP) is 4.01. The van der Waals surface area contributed by atoms with Crippen molar-refractivity contribution in [1.82, 2.24) is 14.8 Å². The number of nitrogens with two attached hydrogens (primary N) is 1. The molecular formula is C22H27N5O2. The number of hydrogen-bond acceptors (Lipinski definition) is 5. The van der Waals surface area contributed by atoms with Crippen molar-refractivity contribution < 1.29 is 9.53 Å². The molecule has 2 aromatic heterocycles. The molecule has 1 aromatic carbocycles. The van der Waals surface area contributed by atoms with Crippen LogP contribution in [0.15, 0.2) is 36.5 Å². The second kappa shape index (κ2) is 7.39. The molecule has 0 spiro atoms. The number of carbonyl (C=O) groups excluding carboxylic acids is 1. The van der Waals surface area contributed by atoms with Gasteiger partial charge in [-0.15, -0.1) is 5.10 Å². The number of aryl methyl sites for hydroxylation is 1. The van der Waals surface area contributed by atoms with Crippen LogP contribution in [0, 0.1) is 11.3 Å². The van der Waals surface area contributed by atoms with E-state index in [-0.39, 0.29) is 11.6 Å². The van der Waals surface area contributed by atoms with Gasteiger partial charge in [0.2, 0.25) is 5.88 Å². The van der Waals surface area contributed by atoms with E-state index in [1.54, 1.807) is 23.0 Å². The van der Waals surface area contributed by atoms with E-state index < -0.39 is 0 Å². The molecule has 7 heteroatoms. The number of nitrogen functional groups attached to an aromatic ring is 1. The van der Waals surface area contributed by atoms with Crippen LogP contribution in [-0.2, 0) is 7.05 Å². The standard InChI is InChI=1S/C22H27N5O2/c1-22(2)9-8-14(12-22)13-29-21-16-7-6-15(11-18(16)27(3)26-21)25-20(28)19-17(23)5-4-10-24-19/h4-7,10-11,14H,8-9,12-13,23H2,1-3H3,(H,25,28). The minimum absolute atomic E-state index is 0.209. The van der Waals surface area contributed by atoms with Crippen molar-refractivity contribution in [3.8, 4) is 5.88 Å². The zero-order valence-corrected chi connectivity index (χ0v) is 17.1. The Balaban J connectivity index is 1.49. The predicted molar refractivity (Wildman–Crippen MR) is 114 cm³/mol. The number of pyridine rings is 1. The van der Waals surface area contributed by atoms with E-state index in [1.807, 2.05) is 25.2 Å². The maximum Gasteiger partial charge on any atom is 0.276 e. The molecule has 0 bridgehead atoms. The van der Waals surface area contributed by atoms with E-state index in [2.05, 4.69) is 29.2 Å². The normalized spacial score (nSPS) is 18.1. The molecule has 1 unspecified atom stereocenters. The summed E-state index contributed by atoms with van der Waals surface area (Å²) in [6, 6.07) is 8.99. The molecule has 2 heterocycles. The fourth-order valence-electron chi connectivity index (χ4n) is 4.13. The number of rotatable bonds is 5. The first-order chi connectivity index (χ1) is 13.8. The maximum atomic E-state index is 12.5. The van der Waals surface area contributed by atoms with Crippen molar-refractivity contribution in [2.24, 2.45) is 18.4 Å². The molecule has 1 amide bonds. The van der Waals surface area contributed by atoms with Crippen LogP contribution in [0.25, 0.3) is 10.9 Å². The van der Waals surface area contributed by atoms with Crippen LogP contribution in [-0.4, -0.2) is 27.3 Å². The van der Waals surface area contributed by atoms with E-state index >= 15 is 0 Å². The first kappa shape index (κ1) is 19.2. The molecule has 1 saturated carbocycles.